The van der Waals surface area contributed by atoms with Crippen molar-refractivity contribution < 1.29 is 22.5 Å². The molecule has 0 bridgehead atoms. The molecule has 1 rings (SSSR count). The third-order valence-corrected chi connectivity index (χ3v) is 2.04. The molecule has 0 fully saturated rings. The van der Waals surface area contributed by atoms with Crippen LogP contribution in [0.25, 0.3) is 0 Å². The van der Waals surface area contributed by atoms with Crippen molar-refractivity contribution in [1.29, 1.82) is 0 Å². The molecule has 0 aromatic heterocycles. The summed E-state index contributed by atoms with van der Waals surface area (Å²) >= 11 is 0. The van der Waals surface area contributed by atoms with E-state index >= 15 is 0 Å². The van der Waals surface area contributed by atoms with E-state index in [1.165, 1.54) is 0 Å². The average molecular weight is 289 g/mol. The number of alkyl halides is 3. The van der Waals surface area contributed by atoms with Gasteiger partial charge in [0, 0.05) is 17.7 Å². The Labute approximate surface area is 105 Å². The second-order valence-corrected chi connectivity index (χ2v) is 3.39. The Bertz CT molecular complexity index is 439. The molecule has 0 radical (unpaired) electrons. The molecule has 102 valence electrons. The van der Waals surface area contributed by atoms with Gasteiger partial charge >= 0.3 is 6.18 Å². The number of halogens is 5. The third kappa shape index (κ3) is 4.46. The molecule has 9 heteroatoms. The molecule has 4 nitrogen and oxygen atoms in total. The van der Waals surface area contributed by atoms with E-state index in [-0.39, 0.29) is 12.4 Å². The summed E-state index contributed by atoms with van der Waals surface area (Å²) in [7, 11) is 0. The van der Waals surface area contributed by atoms with Crippen LogP contribution in [0.5, 0.6) is 0 Å². The van der Waals surface area contributed by atoms with Gasteiger partial charge in [0.15, 0.2) is 0 Å². The summed E-state index contributed by atoms with van der Waals surface area (Å²) < 4.78 is 49.1. The quantitative estimate of drug-likeness (QED) is 0.528. The molecule has 2 N–H and O–H groups in total. The largest absolute Gasteiger partial charge is 0.390 e. The smallest absolute Gasteiger partial charge is 0.323 e. The highest BCUT2D eigenvalue weighted by atomic mass is 35.5. The van der Waals surface area contributed by atoms with Crippen LogP contribution in [0, 0.1) is 15.9 Å². The first-order chi connectivity index (χ1) is 7.70. The third-order valence-electron chi connectivity index (χ3n) is 2.04. The van der Waals surface area contributed by atoms with Crippen LogP contribution in [0.1, 0.15) is 18.0 Å². The molecule has 0 aliphatic heterocycles. The van der Waals surface area contributed by atoms with E-state index in [9.17, 15) is 27.7 Å². The molecule has 0 saturated carbocycles. The van der Waals surface area contributed by atoms with Gasteiger partial charge < -0.3 is 5.73 Å². The lowest BCUT2D eigenvalue weighted by Crippen LogP contribution is -2.21. The molecule has 0 unspecified atom stereocenters. The number of hydrogen-bond acceptors (Lipinski definition) is 3. The molecule has 0 spiro atoms. The van der Waals surface area contributed by atoms with Crippen LogP contribution in [-0.2, 0) is 0 Å². The minimum absolute atomic E-state index is 0. The van der Waals surface area contributed by atoms with Gasteiger partial charge in [0.25, 0.3) is 5.69 Å². The Kier molecular flexibility index (Phi) is 5.50. The van der Waals surface area contributed by atoms with Crippen molar-refractivity contribution in [3.05, 3.63) is 39.7 Å². The maximum atomic E-state index is 12.8. The minimum Gasteiger partial charge on any atom is -0.323 e. The molecule has 18 heavy (non-hydrogen) atoms. The highest BCUT2D eigenvalue weighted by Gasteiger charge is 2.33. The second-order valence-electron chi connectivity index (χ2n) is 3.39. The summed E-state index contributed by atoms with van der Waals surface area (Å²) in [5, 5.41) is 10.5. The summed E-state index contributed by atoms with van der Waals surface area (Å²) in [6.07, 6.45) is -6.02. The van der Waals surface area contributed by atoms with Gasteiger partial charge in [0.2, 0.25) is 0 Å². The molecule has 0 aliphatic carbocycles. The lowest BCUT2D eigenvalue weighted by atomic mass is 10.0. The van der Waals surface area contributed by atoms with Gasteiger partial charge in [0.05, 0.1) is 11.3 Å². The van der Waals surface area contributed by atoms with Crippen molar-refractivity contribution >= 4 is 18.1 Å². The Balaban J connectivity index is 0.00000289. The summed E-state index contributed by atoms with van der Waals surface area (Å²) in [6, 6.07) is 0.572. The summed E-state index contributed by atoms with van der Waals surface area (Å²) in [6.45, 7) is 0. The van der Waals surface area contributed by atoms with Crippen LogP contribution in [0.3, 0.4) is 0 Å². The standard InChI is InChI=1S/C9H8F4N2O2.ClH/c10-5-1-2-8(15(16)17)6(3-5)7(14)4-9(11,12)13;/h1-3,7H,4,14H2;1H/t7-;/m1./s1. The van der Waals surface area contributed by atoms with Crippen LogP contribution >= 0.6 is 12.4 Å². The van der Waals surface area contributed by atoms with Gasteiger partial charge in [-0.15, -0.1) is 12.4 Å². The first-order valence-electron chi connectivity index (χ1n) is 4.47. The van der Waals surface area contributed by atoms with Crippen molar-refractivity contribution in [2.45, 2.75) is 18.6 Å². The second kappa shape index (κ2) is 5.96. The Morgan fingerprint density at radius 2 is 1.94 bits per heavy atom. The predicted octanol–water partition coefficient (Wildman–Crippen LogP) is 3.11. The number of rotatable bonds is 3. The number of nitrogens with two attached hydrogens (primary N) is 1. The topological polar surface area (TPSA) is 69.2 Å². The van der Waals surface area contributed by atoms with Crippen LogP contribution in [-0.4, -0.2) is 11.1 Å². The average Bonchev–Trinajstić information content (AvgIpc) is 2.14. The van der Waals surface area contributed by atoms with Gasteiger partial charge in [0.1, 0.15) is 5.82 Å². The van der Waals surface area contributed by atoms with Crippen LogP contribution in [0.4, 0.5) is 23.2 Å². The molecular weight excluding hydrogens is 280 g/mol. The monoisotopic (exact) mass is 288 g/mol. The van der Waals surface area contributed by atoms with E-state index in [1.807, 2.05) is 0 Å². The van der Waals surface area contributed by atoms with Crippen molar-refractivity contribution in [3.63, 3.8) is 0 Å². The number of nitro groups is 1. The van der Waals surface area contributed by atoms with Crippen LogP contribution in [0.15, 0.2) is 18.2 Å². The number of nitro benzene ring substituents is 1. The molecule has 0 saturated heterocycles. The summed E-state index contributed by atoms with van der Waals surface area (Å²) in [5.41, 5.74) is 4.11. The fourth-order valence-corrected chi connectivity index (χ4v) is 1.35. The Hall–Kier alpha value is -1.41. The zero-order valence-electron chi connectivity index (χ0n) is 8.78. The van der Waals surface area contributed by atoms with Crippen molar-refractivity contribution in [1.82, 2.24) is 0 Å². The summed E-state index contributed by atoms with van der Waals surface area (Å²) in [5.74, 6) is -0.872. The van der Waals surface area contributed by atoms with Crippen molar-refractivity contribution in [3.8, 4) is 0 Å². The maximum absolute atomic E-state index is 12.8. The highest BCUT2D eigenvalue weighted by Crippen LogP contribution is 2.32. The van der Waals surface area contributed by atoms with Crippen LogP contribution in [0.2, 0.25) is 0 Å². The van der Waals surface area contributed by atoms with Crippen molar-refractivity contribution in [2.24, 2.45) is 5.73 Å². The number of nitrogens with zero attached hydrogens (tertiary/aromatic N) is 1. The number of benzene rings is 1. The molecule has 0 amide bonds. The predicted molar refractivity (Wildman–Crippen MR) is 57.9 cm³/mol. The molecular formula is C9H9ClF4N2O2. The van der Waals surface area contributed by atoms with Gasteiger partial charge in [-0.05, 0) is 12.1 Å². The molecule has 0 aliphatic rings. The van der Waals surface area contributed by atoms with E-state index in [1.54, 1.807) is 0 Å². The fourth-order valence-electron chi connectivity index (χ4n) is 1.35. The lowest BCUT2D eigenvalue weighted by molar-refractivity contribution is -0.385. The lowest BCUT2D eigenvalue weighted by Gasteiger charge is -2.14. The summed E-state index contributed by atoms with van der Waals surface area (Å²) in [4.78, 5) is 9.65. The van der Waals surface area contributed by atoms with Crippen LogP contribution < -0.4 is 5.73 Å². The van der Waals surface area contributed by atoms with Gasteiger partial charge in [-0.25, -0.2) is 4.39 Å². The molecule has 1 atom stereocenters. The Morgan fingerprint density at radius 1 is 1.39 bits per heavy atom. The normalized spacial score (nSPS) is 12.7. The highest BCUT2D eigenvalue weighted by molar-refractivity contribution is 5.85. The fraction of sp³-hybridized carbons (Fsp3) is 0.333. The van der Waals surface area contributed by atoms with E-state index in [0.717, 1.165) is 12.1 Å². The first-order valence-corrected chi connectivity index (χ1v) is 4.47. The van der Waals surface area contributed by atoms with Gasteiger partial charge in [-0.1, -0.05) is 0 Å². The van der Waals surface area contributed by atoms with E-state index in [0.29, 0.717) is 6.07 Å². The molecule has 1 aromatic carbocycles. The molecule has 1 aromatic rings. The minimum atomic E-state index is -4.57. The maximum Gasteiger partial charge on any atom is 0.390 e. The van der Waals surface area contributed by atoms with E-state index in [4.69, 9.17) is 5.73 Å². The van der Waals surface area contributed by atoms with Crippen molar-refractivity contribution in [2.75, 3.05) is 0 Å². The Morgan fingerprint density at radius 3 is 2.39 bits per heavy atom. The van der Waals surface area contributed by atoms with E-state index in [2.05, 4.69) is 0 Å². The number of hydrogen-bond donors (Lipinski definition) is 1. The molecule has 0 heterocycles. The zero-order chi connectivity index (χ0) is 13.2. The first kappa shape index (κ1) is 16.6. The van der Waals surface area contributed by atoms with Gasteiger partial charge in [-0.2, -0.15) is 13.2 Å². The van der Waals surface area contributed by atoms with E-state index < -0.39 is 40.6 Å². The zero-order valence-corrected chi connectivity index (χ0v) is 9.59. The SMILES string of the molecule is Cl.N[C@H](CC(F)(F)F)c1cc(F)ccc1[N+](=O)[O-]. The van der Waals surface area contributed by atoms with Gasteiger partial charge in [-0.3, -0.25) is 10.1 Å².